The van der Waals surface area contributed by atoms with E-state index < -0.39 is 0 Å². The van der Waals surface area contributed by atoms with Crippen LogP contribution >= 0.6 is 0 Å². The molecule has 1 fully saturated rings. The molecule has 2 atom stereocenters. The Morgan fingerprint density at radius 3 is 2.59 bits per heavy atom. The van der Waals surface area contributed by atoms with E-state index in [1.165, 1.54) is 6.07 Å². The van der Waals surface area contributed by atoms with Gasteiger partial charge in [-0.25, -0.2) is 4.39 Å². The standard InChI is InChI=1S/C14H19FO2/c1-2-16-13-8-5-9-14(13)17-10-11-6-3-4-7-12(11)15/h3-4,6-7,13-14H,2,5,8-10H2,1H3. The van der Waals surface area contributed by atoms with Crippen molar-refractivity contribution in [2.24, 2.45) is 0 Å². The predicted octanol–water partition coefficient (Wildman–Crippen LogP) is 3.30. The third-order valence-electron chi connectivity index (χ3n) is 3.18. The van der Waals surface area contributed by atoms with Gasteiger partial charge in [-0.15, -0.1) is 0 Å². The maximum atomic E-state index is 13.4. The number of hydrogen-bond acceptors (Lipinski definition) is 2. The lowest BCUT2D eigenvalue weighted by atomic mass is 10.2. The second-order valence-corrected chi connectivity index (χ2v) is 4.37. The Bertz CT molecular complexity index is 354. The second-order valence-electron chi connectivity index (χ2n) is 4.37. The predicted molar refractivity (Wildman–Crippen MR) is 64.2 cm³/mol. The third kappa shape index (κ3) is 3.27. The van der Waals surface area contributed by atoms with Crippen LogP contribution in [0.1, 0.15) is 31.7 Å². The van der Waals surface area contributed by atoms with E-state index in [-0.39, 0.29) is 18.0 Å². The van der Waals surface area contributed by atoms with E-state index in [4.69, 9.17) is 9.47 Å². The minimum absolute atomic E-state index is 0.120. The van der Waals surface area contributed by atoms with Gasteiger partial charge in [-0.2, -0.15) is 0 Å². The van der Waals surface area contributed by atoms with Crippen LogP contribution in [-0.4, -0.2) is 18.8 Å². The highest BCUT2D eigenvalue weighted by Crippen LogP contribution is 2.26. The van der Waals surface area contributed by atoms with Crippen molar-refractivity contribution < 1.29 is 13.9 Å². The van der Waals surface area contributed by atoms with Gasteiger partial charge in [0.25, 0.3) is 0 Å². The van der Waals surface area contributed by atoms with Crippen LogP contribution in [0.5, 0.6) is 0 Å². The summed E-state index contributed by atoms with van der Waals surface area (Å²) in [6, 6.07) is 6.75. The number of halogens is 1. The molecule has 1 aliphatic carbocycles. The van der Waals surface area contributed by atoms with E-state index in [0.29, 0.717) is 18.8 Å². The number of benzene rings is 1. The summed E-state index contributed by atoms with van der Waals surface area (Å²) in [6.45, 7) is 3.04. The van der Waals surface area contributed by atoms with Crippen molar-refractivity contribution in [3.8, 4) is 0 Å². The molecule has 3 heteroatoms. The fraction of sp³-hybridized carbons (Fsp3) is 0.571. The first kappa shape index (κ1) is 12.5. The van der Waals surface area contributed by atoms with E-state index in [1.807, 2.05) is 13.0 Å². The van der Waals surface area contributed by atoms with Gasteiger partial charge < -0.3 is 9.47 Å². The van der Waals surface area contributed by atoms with Crippen LogP contribution in [0, 0.1) is 5.82 Å². The molecule has 94 valence electrons. The fourth-order valence-corrected chi connectivity index (χ4v) is 2.30. The van der Waals surface area contributed by atoms with Crippen molar-refractivity contribution in [2.45, 2.75) is 45.0 Å². The molecule has 0 aromatic heterocycles. The van der Waals surface area contributed by atoms with Crippen LogP contribution in [-0.2, 0) is 16.1 Å². The lowest BCUT2D eigenvalue weighted by Crippen LogP contribution is -2.26. The van der Waals surface area contributed by atoms with Crippen LogP contribution < -0.4 is 0 Å². The highest BCUT2D eigenvalue weighted by Gasteiger charge is 2.28. The largest absolute Gasteiger partial charge is 0.376 e. The summed E-state index contributed by atoms with van der Waals surface area (Å²) in [6.07, 6.45) is 3.50. The zero-order chi connectivity index (χ0) is 12.1. The Morgan fingerprint density at radius 1 is 1.18 bits per heavy atom. The molecule has 0 bridgehead atoms. The third-order valence-corrected chi connectivity index (χ3v) is 3.18. The van der Waals surface area contributed by atoms with Gasteiger partial charge in [0.1, 0.15) is 5.82 Å². The first-order valence-electron chi connectivity index (χ1n) is 6.28. The molecule has 2 nitrogen and oxygen atoms in total. The van der Waals surface area contributed by atoms with Gasteiger partial charge in [0.2, 0.25) is 0 Å². The molecule has 2 rings (SSSR count). The Kier molecular flexibility index (Phi) is 4.51. The van der Waals surface area contributed by atoms with E-state index in [1.54, 1.807) is 12.1 Å². The van der Waals surface area contributed by atoms with E-state index >= 15 is 0 Å². The number of rotatable bonds is 5. The average molecular weight is 238 g/mol. The molecule has 1 saturated carbocycles. The zero-order valence-electron chi connectivity index (χ0n) is 10.2. The smallest absolute Gasteiger partial charge is 0.128 e. The molecular formula is C14H19FO2. The van der Waals surface area contributed by atoms with Gasteiger partial charge in [0.05, 0.1) is 18.8 Å². The maximum Gasteiger partial charge on any atom is 0.128 e. The lowest BCUT2D eigenvalue weighted by Gasteiger charge is -2.20. The first-order chi connectivity index (χ1) is 8.31. The molecule has 17 heavy (non-hydrogen) atoms. The van der Waals surface area contributed by atoms with Crippen LogP contribution in [0.3, 0.4) is 0 Å². The molecule has 1 aromatic carbocycles. The number of hydrogen-bond donors (Lipinski definition) is 0. The van der Waals surface area contributed by atoms with Gasteiger partial charge in [-0.3, -0.25) is 0 Å². The van der Waals surface area contributed by atoms with E-state index in [0.717, 1.165) is 19.3 Å². The summed E-state index contributed by atoms with van der Waals surface area (Å²) in [5.41, 5.74) is 0.620. The molecule has 0 N–H and O–H groups in total. The summed E-state index contributed by atoms with van der Waals surface area (Å²) >= 11 is 0. The van der Waals surface area contributed by atoms with Crippen LogP contribution in [0.2, 0.25) is 0 Å². The van der Waals surface area contributed by atoms with Gasteiger partial charge >= 0.3 is 0 Å². The summed E-state index contributed by atoms with van der Waals surface area (Å²) in [5.74, 6) is -0.196. The molecule has 0 amide bonds. The van der Waals surface area contributed by atoms with Crippen molar-refractivity contribution in [1.29, 1.82) is 0 Å². The molecule has 0 spiro atoms. The SMILES string of the molecule is CCOC1CCCC1OCc1ccccc1F. The summed E-state index contributed by atoms with van der Waals surface area (Å²) < 4.78 is 24.8. The molecule has 0 heterocycles. The van der Waals surface area contributed by atoms with Crippen molar-refractivity contribution in [1.82, 2.24) is 0 Å². The van der Waals surface area contributed by atoms with Gasteiger partial charge in [-0.05, 0) is 32.3 Å². The Morgan fingerprint density at radius 2 is 1.88 bits per heavy atom. The normalized spacial score (nSPS) is 24.1. The van der Waals surface area contributed by atoms with Gasteiger partial charge in [-0.1, -0.05) is 18.2 Å². The quantitative estimate of drug-likeness (QED) is 0.783. The highest BCUT2D eigenvalue weighted by molar-refractivity contribution is 5.16. The monoisotopic (exact) mass is 238 g/mol. The molecule has 0 aliphatic heterocycles. The van der Waals surface area contributed by atoms with Crippen molar-refractivity contribution >= 4 is 0 Å². The molecule has 1 aromatic rings. The molecule has 0 saturated heterocycles. The second kappa shape index (κ2) is 6.12. The minimum Gasteiger partial charge on any atom is -0.376 e. The molecule has 1 aliphatic rings. The van der Waals surface area contributed by atoms with E-state index in [9.17, 15) is 4.39 Å². The summed E-state index contributed by atoms with van der Waals surface area (Å²) in [4.78, 5) is 0. The van der Waals surface area contributed by atoms with Gasteiger partial charge in [0.15, 0.2) is 0 Å². The fourth-order valence-electron chi connectivity index (χ4n) is 2.30. The molecule has 0 radical (unpaired) electrons. The first-order valence-corrected chi connectivity index (χ1v) is 6.28. The molecular weight excluding hydrogens is 219 g/mol. The van der Waals surface area contributed by atoms with Crippen molar-refractivity contribution in [2.75, 3.05) is 6.61 Å². The average Bonchev–Trinajstić information content (AvgIpc) is 2.76. The van der Waals surface area contributed by atoms with Crippen molar-refractivity contribution in [3.63, 3.8) is 0 Å². The maximum absolute atomic E-state index is 13.4. The Balaban J connectivity index is 1.87. The zero-order valence-corrected chi connectivity index (χ0v) is 10.2. The summed E-state index contributed by atoms with van der Waals surface area (Å²) in [5, 5.41) is 0. The Hall–Kier alpha value is -0.930. The topological polar surface area (TPSA) is 18.5 Å². The molecule has 2 unspecified atom stereocenters. The number of ether oxygens (including phenoxy) is 2. The summed E-state index contributed by atoms with van der Waals surface area (Å²) in [7, 11) is 0. The van der Waals surface area contributed by atoms with Crippen molar-refractivity contribution in [3.05, 3.63) is 35.6 Å². The minimum atomic E-state index is -0.196. The Labute approximate surface area is 102 Å². The van der Waals surface area contributed by atoms with Gasteiger partial charge in [0, 0.05) is 12.2 Å². The lowest BCUT2D eigenvalue weighted by molar-refractivity contribution is -0.0598. The van der Waals surface area contributed by atoms with E-state index in [2.05, 4.69) is 0 Å². The van der Waals surface area contributed by atoms with Crippen LogP contribution in [0.25, 0.3) is 0 Å². The highest BCUT2D eigenvalue weighted by atomic mass is 19.1. The van der Waals surface area contributed by atoms with Crippen LogP contribution in [0.4, 0.5) is 4.39 Å². The van der Waals surface area contributed by atoms with Crippen LogP contribution in [0.15, 0.2) is 24.3 Å².